The molecule has 1 aromatic rings. The van der Waals surface area contributed by atoms with E-state index in [1.165, 1.54) is 0 Å². The van der Waals surface area contributed by atoms with Gasteiger partial charge >= 0.3 is 0 Å². The molecule has 0 aliphatic carbocycles. The van der Waals surface area contributed by atoms with E-state index in [0.29, 0.717) is 6.42 Å². The molecule has 14 heavy (non-hydrogen) atoms. The molecule has 0 aliphatic rings. The minimum absolute atomic E-state index is 0.482. The van der Waals surface area contributed by atoms with Crippen LogP contribution in [0.3, 0.4) is 0 Å². The van der Waals surface area contributed by atoms with Crippen LogP contribution in [0.15, 0.2) is 6.20 Å². The van der Waals surface area contributed by atoms with Crippen molar-refractivity contribution in [1.82, 2.24) is 9.88 Å². The molecule has 0 saturated heterocycles. The molecule has 0 aliphatic heterocycles. The van der Waals surface area contributed by atoms with Crippen LogP contribution in [0.2, 0.25) is 0 Å². The summed E-state index contributed by atoms with van der Waals surface area (Å²) in [6, 6.07) is 2.14. The molecule has 0 unspecified atom stereocenters. The van der Waals surface area contributed by atoms with Crippen LogP contribution in [0.25, 0.3) is 0 Å². The van der Waals surface area contributed by atoms with Crippen molar-refractivity contribution >= 4 is 11.3 Å². The lowest BCUT2D eigenvalue weighted by atomic mass is 10.4. The van der Waals surface area contributed by atoms with E-state index in [1.807, 2.05) is 6.20 Å². The van der Waals surface area contributed by atoms with Gasteiger partial charge in [-0.15, -0.1) is 11.3 Å². The number of rotatable bonds is 5. The zero-order valence-corrected chi connectivity index (χ0v) is 9.47. The molecule has 0 atom stereocenters. The van der Waals surface area contributed by atoms with E-state index < -0.39 is 0 Å². The summed E-state index contributed by atoms with van der Waals surface area (Å²) >= 11 is 1.64. The molecule has 1 rings (SSSR count). The fourth-order valence-corrected chi connectivity index (χ4v) is 2.12. The van der Waals surface area contributed by atoms with E-state index in [4.69, 9.17) is 5.26 Å². The summed E-state index contributed by atoms with van der Waals surface area (Å²) < 4.78 is 0. The maximum Gasteiger partial charge on any atom is 0.107 e. The summed E-state index contributed by atoms with van der Waals surface area (Å²) in [6.07, 6.45) is 2.29. The van der Waals surface area contributed by atoms with Gasteiger partial charge in [-0.3, -0.25) is 4.90 Å². The molecule has 0 aromatic carbocycles. The van der Waals surface area contributed by atoms with Crippen molar-refractivity contribution in [3.8, 4) is 6.07 Å². The number of thiazole rings is 1. The van der Waals surface area contributed by atoms with Gasteiger partial charge in [0, 0.05) is 11.1 Å². The number of nitriles is 1. The predicted molar refractivity (Wildman–Crippen MR) is 58.1 cm³/mol. The first kappa shape index (κ1) is 11.2. The van der Waals surface area contributed by atoms with Crippen LogP contribution in [0.1, 0.15) is 23.7 Å². The Balaban J connectivity index is 2.55. The SMILES string of the molecule is CCN(CC)Cc1ncc(CC#N)s1. The van der Waals surface area contributed by atoms with Gasteiger partial charge in [-0.25, -0.2) is 4.98 Å². The standard InChI is InChI=1S/C10H15N3S/c1-3-13(4-2)8-10-12-7-9(14-10)5-6-11/h7H,3-5,8H2,1-2H3. The van der Waals surface area contributed by atoms with Crippen molar-refractivity contribution < 1.29 is 0 Å². The highest BCUT2D eigenvalue weighted by molar-refractivity contribution is 7.11. The van der Waals surface area contributed by atoms with Gasteiger partial charge in [-0.2, -0.15) is 5.26 Å². The number of aromatic nitrogens is 1. The number of hydrogen-bond donors (Lipinski definition) is 0. The average Bonchev–Trinajstić information content (AvgIpc) is 2.63. The molecule has 3 nitrogen and oxygen atoms in total. The van der Waals surface area contributed by atoms with E-state index in [1.54, 1.807) is 11.3 Å². The Bertz CT molecular complexity index is 309. The molecular weight excluding hydrogens is 194 g/mol. The highest BCUT2D eigenvalue weighted by Gasteiger charge is 2.05. The van der Waals surface area contributed by atoms with Gasteiger partial charge in [-0.1, -0.05) is 13.8 Å². The van der Waals surface area contributed by atoms with Crippen LogP contribution in [0, 0.1) is 11.3 Å². The maximum absolute atomic E-state index is 8.52. The molecule has 0 spiro atoms. The second-order valence-electron chi connectivity index (χ2n) is 3.02. The zero-order chi connectivity index (χ0) is 10.4. The Morgan fingerprint density at radius 2 is 2.21 bits per heavy atom. The molecule has 0 fully saturated rings. The summed E-state index contributed by atoms with van der Waals surface area (Å²) in [5.41, 5.74) is 0. The van der Waals surface area contributed by atoms with Crippen molar-refractivity contribution in [2.24, 2.45) is 0 Å². The normalized spacial score (nSPS) is 10.4. The molecule has 4 heteroatoms. The van der Waals surface area contributed by atoms with Gasteiger partial charge in [0.15, 0.2) is 0 Å². The minimum atomic E-state index is 0.482. The van der Waals surface area contributed by atoms with Gasteiger partial charge in [0.1, 0.15) is 5.01 Å². The molecular formula is C10H15N3S. The van der Waals surface area contributed by atoms with Gasteiger partial charge in [0.2, 0.25) is 0 Å². The highest BCUT2D eigenvalue weighted by atomic mass is 32.1. The van der Waals surface area contributed by atoms with E-state index in [0.717, 1.165) is 29.5 Å². The number of nitrogens with zero attached hydrogens (tertiary/aromatic N) is 3. The summed E-state index contributed by atoms with van der Waals surface area (Å²) in [4.78, 5) is 7.68. The Labute approximate surface area is 89.0 Å². The Hall–Kier alpha value is -0.920. The van der Waals surface area contributed by atoms with E-state index >= 15 is 0 Å². The van der Waals surface area contributed by atoms with Crippen molar-refractivity contribution in [3.63, 3.8) is 0 Å². The van der Waals surface area contributed by atoms with Crippen LogP contribution in [-0.2, 0) is 13.0 Å². The Kier molecular flexibility index (Phi) is 4.57. The van der Waals surface area contributed by atoms with E-state index in [-0.39, 0.29) is 0 Å². The van der Waals surface area contributed by atoms with Crippen molar-refractivity contribution in [3.05, 3.63) is 16.1 Å². The van der Waals surface area contributed by atoms with Crippen molar-refractivity contribution in [2.75, 3.05) is 13.1 Å². The molecule has 0 saturated carbocycles. The molecule has 0 radical (unpaired) electrons. The minimum Gasteiger partial charge on any atom is -0.297 e. The van der Waals surface area contributed by atoms with Crippen molar-refractivity contribution in [2.45, 2.75) is 26.8 Å². The Morgan fingerprint density at radius 1 is 1.50 bits per heavy atom. The lowest BCUT2D eigenvalue weighted by Crippen LogP contribution is -2.21. The summed E-state index contributed by atoms with van der Waals surface area (Å²) in [6.45, 7) is 7.29. The average molecular weight is 209 g/mol. The third-order valence-electron chi connectivity index (χ3n) is 2.11. The van der Waals surface area contributed by atoms with Crippen LogP contribution in [-0.4, -0.2) is 23.0 Å². The molecule has 76 valence electrons. The smallest absolute Gasteiger partial charge is 0.107 e. The highest BCUT2D eigenvalue weighted by Crippen LogP contribution is 2.14. The van der Waals surface area contributed by atoms with Gasteiger partial charge in [0.05, 0.1) is 19.0 Å². The second kappa shape index (κ2) is 5.74. The Morgan fingerprint density at radius 3 is 2.79 bits per heavy atom. The molecule has 0 amide bonds. The van der Waals surface area contributed by atoms with Gasteiger partial charge in [0.25, 0.3) is 0 Å². The summed E-state index contributed by atoms with van der Waals surface area (Å²) in [5.74, 6) is 0. The third-order valence-corrected chi connectivity index (χ3v) is 3.09. The third kappa shape index (κ3) is 3.09. The zero-order valence-electron chi connectivity index (χ0n) is 8.66. The maximum atomic E-state index is 8.52. The van der Waals surface area contributed by atoms with E-state index in [2.05, 4.69) is 29.8 Å². The first-order chi connectivity index (χ1) is 6.80. The lowest BCUT2D eigenvalue weighted by molar-refractivity contribution is 0.295. The predicted octanol–water partition coefficient (Wildman–Crippen LogP) is 2.05. The van der Waals surface area contributed by atoms with Crippen LogP contribution < -0.4 is 0 Å². The largest absolute Gasteiger partial charge is 0.297 e. The topological polar surface area (TPSA) is 39.9 Å². The first-order valence-corrected chi connectivity index (χ1v) is 5.64. The number of hydrogen-bond acceptors (Lipinski definition) is 4. The molecule has 0 N–H and O–H groups in total. The van der Waals surface area contributed by atoms with Crippen LogP contribution >= 0.6 is 11.3 Å². The van der Waals surface area contributed by atoms with Crippen LogP contribution in [0.4, 0.5) is 0 Å². The van der Waals surface area contributed by atoms with Gasteiger partial charge in [-0.05, 0) is 13.1 Å². The van der Waals surface area contributed by atoms with Crippen molar-refractivity contribution in [1.29, 1.82) is 5.26 Å². The quantitative estimate of drug-likeness (QED) is 0.745. The van der Waals surface area contributed by atoms with E-state index in [9.17, 15) is 0 Å². The molecule has 0 bridgehead atoms. The van der Waals surface area contributed by atoms with Crippen LogP contribution in [0.5, 0.6) is 0 Å². The summed E-state index contributed by atoms with van der Waals surface area (Å²) in [5, 5.41) is 9.63. The lowest BCUT2D eigenvalue weighted by Gasteiger charge is -2.15. The monoisotopic (exact) mass is 209 g/mol. The first-order valence-electron chi connectivity index (χ1n) is 4.83. The summed E-state index contributed by atoms with van der Waals surface area (Å²) in [7, 11) is 0. The fraction of sp³-hybridized carbons (Fsp3) is 0.600. The van der Waals surface area contributed by atoms with Gasteiger partial charge < -0.3 is 0 Å². The second-order valence-corrected chi connectivity index (χ2v) is 4.22. The molecule has 1 aromatic heterocycles. The molecule has 1 heterocycles. The fourth-order valence-electron chi connectivity index (χ4n) is 1.22.